The van der Waals surface area contributed by atoms with Crippen LogP contribution in [0.4, 0.5) is 16.2 Å². The van der Waals surface area contributed by atoms with E-state index in [0.717, 1.165) is 29.6 Å². The molecule has 4 aromatic rings. The molecule has 0 bridgehead atoms. The third-order valence-corrected chi connectivity index (χ3v) is 8.66. The minimum absolute atomic E-state index is 0.00210. The molecule has 1 unspecified atom stereocenters. The first-order chi connectivity index (χ1) is 19.2. The fourth-order valence-electron chi connectivity index (χ4n) is 5.91. The molecular formula is C29H34ClFN8O. The van der Waals surface area contributed by atoms with E-state index in [0.29, 0.717) is 65.4 Å². The highest BCUT2D eigenvalue weighted by molar-refractivity contribution is 6.35. The van der Waals surface area contributed by atoms with Crippen molar-refractivity contribution in [2.24, 2.45) is 0 Å². The molecule has 0 saturated carbocycles. The van der Waals surface area contributed by atoms with Gasteiger partial charge < -0.3 is 19.6 Å². The molecule has 1 N–H and O–H groups in total. The molecule has 0 radical (unpaired) electrons. The summed E-state index contributed by atoms with van der Waals surface area (Å²) in [5.74, 6) is 0.819. The van der Waals surface area contributed by atoms with Gasteiger partial charge in [-0.05, 0) is 45.6 Å². The molecule has 210 valence electrons. The van der Waals surface area contributed by atoms with E-state index in [-0.39, 0.29) is 17.5 Å². The molecule has 9 nitrogen and oxygen atoms in total. The van der Waals surface area contributed by atoms with Crippen molar-refractivity contribution in [3.8, 4) is 11.1 Å². The number of likely N-dealkylation sites (N-methyl/N-ethyl adjacent to an activating group) is 1. The van der Waals surface area contributed by atoms with Gasteiger partial charge in [-0.1, -0.05) is 24.6 Å². The second kappa shape index (κ2) is 10.2. The number of carbonyl (C=O) groups is 1. The number of nitrogens with zero attached hydrogens (tertiary/aromatic N) is 7. The minimum Gasteiger partial charge on any atom is -0.352 e. The van der Waals surface area contributed by atoms with Crippen LogP contribution in [0.5, 0.6) is 0 Å². The fourth-order valence-corrected chi connectivity index (χ4v) is 6.19. The number of H-pyrrole nitrogens is 1. The van der Waals surface area contributed by atoms with E-state index in [4.69, 9.17) is 21.6 Å². The second-order valence-electron chi connectivity index (χ2n) is 11.1. The third kappa shape index (κ3) is 4.34. The molecule has 40 heavy (non-hydrogen) atoms. The van der Waals surface area contributed by atoms with E-state index < -0.39 is 5.82 Å². The van der Waals surface area contributed by atoms with E-state index in [1.807, 2.05) is 37.8 Å². The molecule has 6 rings (SSSR count). The largest absolute Gasteiger partial charge is 0.352 e. The fraction of sp³-hybridized carbons (Fsp3) is 0.448. The molecular weight excluding hydrogens is 531 g/mol. The Hall–Kier alpha value is -3.50. The Morgan fingerprint density at radius 2 is 1.90 bits per heavy atom. The van der Waals surface area contributed by atoms with E-state index in [1.54, 1.807) is 12.3 Å². The molecule has 1 amide bonds. The predicted molar refractivity (Wildman–Crippen MR) is 158 cm³/mol. The second-order valence-corrected chi connectivity index (χ2v) is 11.5. The Bertz CT molecular complexity index is 1620. The van der Waals surface area contributed by atoms with Crippen molar-refractivity contribution < 1.29 is 9.18 Å². The van der Waals surface area contributed by atoms with Crippen LogP contribution in [-0.2, 0) is 4.79 Å². The van der Waals surface area contributed by atoms with Gasteiger partial charge in [0, 0.05) is 73.1 Å². The average Bonchev–Trinajstić information content (AvgIpc) is 3.37. The van der Waals surface area contributed by atoms with Crippen LogP contribution in [0.3, 0.4) is 0 Å². The summed E-state index contributed by atoms with van der Waals surface area (Å²) in [6, 6.07) is 6.05. The van der Waals surface area contributed by atoms with E-state index in [2.05, 4.69) is 39.0 Å². The number of aromatic amines is 1. The standard InChI is InChI=1S/C29H34ClFN8O/c1-6-23(40)39-10-9-37(13-17(39)3)28-19-11-21(30)25(24-16(2)7-8-22-20(24)12-32-35-22)26(31)27(19)33-29(34-28)38-14-18(15-38)36(4)5/h7-8,11-12,17-18H,6,9-10,13-15H2,1-5H3,(H,32,35). The number of halogens is 2. The van der Waals surface area contributed by atoms with Crippen molar-refractivity contribution in [1.29, 1.82) is 0 Å². The van der Waals surface area contributed by atoms with Crippen LogP contribution < -0.4 is 9.80 Å². The molecule has 2 aliphatic heterocycles. The first kappa shape index (κ1) is 26.7. The lowest BCUT2D eigenvalue weighted by molar-refractivity contribution is -0.133. The zero-order valence-electron chi connectivity index (χ0n) is 23.5. The Balaban J connectivity index is 1.51. The number of hydrogen-bond donors (Lipinski definition) is 1. The zero-order chi connectivity index (χ0) is 28.3. The van der Waals surface area contributed by atoms with Crippen LogP contribution in [0.2, 0.25) is 5.02 Å². The van der Waals surface area contributed by atoms with Crippen molar-refractivity contribution in [3.63, 3.8) is 0 Å². The van der Waals surface area contributed by atoms with Crippen molar-refractivity contribution in [3.05, 3.63) is 40.8 Å². The summed E-state index contributed by atoms with van der Waals surface area (Å²) in [6.45, 7) is 9.16. The zero-order valence-corrected chi connectivity index (χ0v) is 24.3. The molecule has 2 aromatic heterocycles. The monoisotopic (exact) mass is 564 g/mol. The summed E-state index contributed by atoms with van der Waals surface area (Å²) in [6.07, 6.45) is 2.17. The molecule has 11 heteroatoms. The van der Waals surface area contributed by atoms with Gasteiger partial charge in [-0.3, -0.25) is 9.89 Å². The molecule has 2 aromatic carbocycles. The lowest BCUT2D eigenvalue weighted by Crippen LogP contribution is -2.58. The number of fused-ring (bicyclic) bond motifs is 2. The van der Waals surface area contributed by atoms with Crippen LogP contribution >= 0.6 is 11.6 Å². The van der Waals surface area contributed by atoms with Gasteiger partial charge in [-0.2, -0.15) is 10.1 Å². The molecule has 2 fully saturated rings. The molecule has 2 saturated heterocycles. The third-order valence-electron chi connectivity index (χ3n) is 8.36. The van der Waals surface area contributed by atoms with Gasteiger partial charge >= 0.3 is 0 Å². The summed E-state index contributed by atoms with van der Waals surface area (Å²) >= 11 is 6.89. The average molecular weight is 565 g/mol. The number of aryl methyl sites for hydroxylation is 1. The smallest absolute Gasteiger partial charge is 0.228 e. The number of benzene rings is 2. The van der Waals surface area contributed by atoms with Gasteiger partial charge in [0.15, 0.2) is 5.82 Å². The van der Waals surface area contributed by atoms with Gasteiger partial charge in [0.25, 0.3) is 0 Å². The van der Waals surface area contributed by atoms with Gasteiger partial charge in [0.05, 0.1) is 16.7 Å². The maximum Gasteiger partial charge on any atom is 0.228 e. The van der Waals surface area contributed by atoms with E-state index in [1.165, 1.54) is 0 Å². The van der Waals surface area contributed by atoms with Crippen LogP contribution in [0.1, 0.15) is 25.8 Å². The summed E-state index contributed by atoms with van der Waals surface area (Å²) in [5.41, 5.74) is 2.96. The molecule has 1 atom stereocenters. The van der Waals surface area contributed by atoms with Crippen LogP contribution in [0, 0.1) is 12.7 Å². The number of amides is 1. The summed E-state index contributed by atoms with van der Waals surface area (Å²) in [7, 11) is 4.11. The van der Waals surface area contributed by atoms with Crippen LogP contribution in [0.25, 0.3) is 32.9 Å². The first-order valence-electron chi connectivity index (χ1n) is 13.8. The molecule has 2 aliphatic rings. The Labute approximate surface area is 237 Å². The van der Waals surface area contributed by atoms with Gasteiger partial charge in [0.2, 0.25) is 11.9 Å². The van der Waals surface area contributed by atoms with Gasteiger partial charge in [-0.25, -0.2) is 9.37 Å². The number of hydrogen-bond acceptors (Lipinski definition) is 7. The minimum atomic E-state index is -0.471. The SMILES string of the molecule is CCC(=O)N1CCN(c2nc(N3CC(N(C)C)C3)nc3c(F)c(-c4c(C)ccc5[nH]ncc45)c(Cl)cc23)CC1C. The first-order valence-corrected chi connectivity index (χ1v) is 14.1. The number of anilines is 2. The van der Waals surface area contributed by atoms with Crippen LogP contribution in [0.15, 0.2) is 24.4 Å². The molecule has 0 aliphatic carbocycles. The Kier molecular flexibility index (Phi) is 6.78. The van der Waals surface area contributed by atoms with E-state index >= 15 is 4.39 Å². The number of rotatable bonds is 5. The lowest BCUT2D eigenvalue weighted by atomic mass is 9.95. The Morgan fingerprint density at radius 1 is 1.12 bits per heavy atom. The summed E-state index contributed by atoms with van der Waals surface area (Å²) in [4.78, 5) is 30.6. The van der Waals surface area contributed by atoms with Gasteiger partial charge in [-0.15, -0.1) is 0 Å². The highest BCUT2D eigenvalue weighted by Crippen LogP contribution is 2.42. The number of aromatic nitrogens is 4. The van der Waals surface area contributed by atoms with Gasteiger partial charge in [0.1, 0.15) is 11.3 Å². The van der Waals surface area contributed by atoms with Crippen molar-refractivity contribution >= 4 is 51.1 Å². The highest BCUT2D eigenvalue weighted by Gasteiger charge is 2.34. The van der Waals surface area contributed by atoms with E-state index in [9.17, 15) is 4.79 Å². The molecule has 4 heterocycles. The quantitative estimate of drug-likeness (QED) is 0.383. The Morgan fingerprint density at radius 3 is 2.60 bits per heavy atom. The highest BCUT2D eigenvalue weighted by atomic mass is 35.5. The predicted octanol–water partition coefficient (Wildman–Crippen LogP) is 4.47. The topological polar surface area (TPSA) is 84.5 Å². The van der Waals surface area contributed by atoms with Crippen LogP contribution in [-0.4, -0.2) is 94.8 Å². The summed E-state index contributed by atoms with van der Waals surface area (Å²) in [5, 5.41) is 8.81. The van der Waals surface area contributed by atoms with Crippen molar-refractivity contribution in [2.75, 3.05) is 56.6 Å². The maximum absolute atomic E-state index is 16.7. The van der Waals surface area contributed by atoms with Crippen molar-refractivity contribution in [1.82, 2.24) is 30.0 Å². The maximum atomic E-state index is 16.7. The summed E-state index contributed by atoms with van der Waals surface area (Å²) < 4.78 is 16.7. The lowest BCUT2D eigenvalue weighted by Gasteiger charge is -2.44. The van der Waals surface area contributed by atoms with Crippen molar-refractivity contribution in [2.45, 2.75) is 39.3 Å². The number of carbonyl (C=O) groups excluding carboxylic acids is 1. The number of nitrogens with one attached hydrogen (secondary N) is 1. The normalized spacial score (nSPS) is 18.3. The molecule has 0 spiro atoms. The number of piperazine rings is 1.